The fourth-order valence-electron chi connectivity index (χ4n) is 2.44. The van der Waals surface area contributed by atoms with E-state index in [0.29, 0.717) is 5.88 Å². The molecule has 0 amide bonds. The molecule has 1 saturated heterocycles. The Bertz CT molecular complexity index is 573. The average molecular weight is 262 g/mol. The molecule has 6 heteroatoms. The fourth-order valence-corrected chi connectivity index (χ4v) is 2.44. The summed E-state index contributed by atoms with van der Waals surface area (Å²) in [4.78, 5) is 8.91. The summed E-state index contributed by atoms with van der Waals surface area (Å²) in [6, 6.07) is 0. The van der Waals surface area contributed by atoms with Crippen molar-refractivity contribution in [3.05, 3.63) is 18.0 Å². The number of fused-ring (bicyclic) bond motifs is 1. The molecule has 0 spiro atoms. The van der Waals surface area contributed by atoms with Crippen LogP contribution in [0.5, 0.6) is 5.88 Å². The highest BCUT2D eigenvalue weighted by molar-refractivity contribution is 5.76. The maximum absolute atomic E-state index is 5.90. The van der Waals surface area contributed by atoms with E-state index >= 15 is 0 Å². The first kappa shape index (κ1) is 12.4. The molecule has 0 radical (unpaired) electrons. The summed E-state index contributed by atoms with van der Waals surface area (Å²) in [6.45, 7) is 2.58. The van der Waals surface area contributed by atoms with Crippen LogP contribution in [0.1, 0.15) is 18.1 Å². The lowest BCUT2D eigenvalue weighted by Gasteiger charge is -2.13. The van der Waals surface area contributed by atoms with Crippen LogP contribution in [0, 0.1) is 0 Å². The molecule has 1 unspecified atom stereocenters. The second-order valence-electron chi connectivity index (χ2n) is 4.68. The van der Waals surface area contributed by atoms with Crippen LogP contribution in [0.2, 0.25) is 0 Å². The molecule has 1 fully saturated rings. The highest BCUT2D eigenvalue weighted by Crippen LogP contribution is 2.29. The van der Waals surface area contributed by atoms with Gasteiger partial charge in [-0.2, -0.15) is 0 Å². The quantitative estimate of drug-likeness (QED) is 0.876. The normalized spacial score (nSPS) is 20.4. The molecule has 102 valence electrons. The fraction of sp³-hybridized carbons (Fsp3) is 0.538. The van der Waals surface area contributed by atoms with Crippen LogP contribution in [0.15, 0.2) is 12.4 Å². The zero-order valence-electron chi connectivity index (χ0n) is 11.2. The van der Waals surface area contributed by atoms with Crippen molar-refractivity contribution in [1.82, 2.24) is 19.9 Å². The number of nitrogens with one attached hydrogen (secondary N) is 1. The van der Waals surface area contributed by atoms with E-state index < -0.39 is 0 Å². The molecular weight excluding hydrogens is 244 g/mol. The average Bonchev–Trinajstić information content (AvgIpc) is 2.64. The largest absolute Gasteiger partial charge is 0.480 e. The first-order chi connectivity index (χ1) is 9.29. The van der Waals surface area contributed by atoms with Gasteiger partial charge in [-0.25, -0.2) is 9.97 Å². The Hall–Kier alpha value is -1.66. The van der Waals surface area contributed by atoms with Crippen molar-refractivity contribution < 1.29 is 9.47 Å². The van der Waals surface area contributed by atoms with Gasteiger partial charge in [-0.15, -0.1) is 0 Å². The number of methoxy groups -OCH3 is 1. The number of aryl methyl sites for hydroxylation is 1. The van der Waals surface area contributed by atoms with Crippen molar-refractivity contribution in [1.29, 1.82) is 0 Å². The monoisotopic (exact) mass is 262 g/mol. The SMILES string of the molecule is COc1cnc2c(n1)c(C1CCNCCO1)cn2C. The summed E-state index contributed by atoms with van der Waals surface area (Å²) in [5.74, 6) is 0.534. The lowest BCUT2D eigenvalue weighted by atomic mass is 10.1. The molecule has 3 heterocycles. The standard InChI is InChI=1S/C13H18N4O2/c1-17-8-9(10-3-4-14-5-6-19-10)12-13(17)15-7-11(16-12)18-2/h7-8,10,14H,3-6H2,1-2H3. The molecule has 19 heavy (non-hydrogen) atoms. The van der Waals surface area contributed by atoms with Crippen LogP contribution < -0.4 is 10.1 Å². The minimum absolute atomic E-state index is 0.0695. The van der Waals surface area contributed by atoms with Crippen molar-refractivity contribution in [2.75, 3.05) is 26.8 Å². The molecule has 2 aromatic rings. The smallest absolute Gasteiger partial charge is 0.232 e. The third kappa shape index (κ3) is 2.29. The van der Waals surface area contributed by atoms with Crippen molar-refractivity contribution in [2.24, 2.45) is 7.05 Å². The van der Waals surface area contributed by atoms with Gasteiger partial charge in [0.25, 0.3) is 0 Å². The van der Waals surface area contributed by atoms with Gasteiger partial charge in [-0.1, -0.05) is 0 Å². The number of hydrogen-bond donors (Lipinski definition) is 1. The van der Waals surface area contributed by atoms with Gasteiger partial charge in [0.05, 0.1) is 26.0 Å². The van der Waals surface area contributed by atoms with Gasteiger partial charge in [0, 0.05) is 25.4 Å². The van der Waals surface area contributed by atoms with Crippen LogP contribution >= 0.6 is 0 Å². The third-order valence-corrected chi connectivity index (χ3v) is 3.41. The molecule has 0 aromatic carbocycles. The Labute approximate surface area is 111 Å². The Morgan fingerprint density at radius 1 is 1.47 bits per heavy atom. The lowest BCUT2D eigenvalue weighted by Crippen LogP contribution is -2.16. The van der Waals surface area contributed by atoms with E-state index in [9.17, 15) is 0 Å². The van der Waals surface area contributed by atoms with Crippen LogP contribution in [-0.4, -0.2) is 41.3 Å². The zero-order chi connectivity index (χ0) is 13.2. The Kier molecular flexibility index (Phi) is 3.35. The van der Waals surface area contributed by atoms with E-state index in [2.05, 4.69) is 21.5 Å². The third-order valence-electron chi connectivity index (χ3n) is 3.41. The minimum atomic E-state index is 0.0695. The molecular formula is C13H18N4O2. The van der Waals surface area contributed by atoms with Gasteiger partial charge in [0.1, 0.15) is 5.52 Å². The van der Waals surface area contributed by atoms with Crippen molar-refractivity contribution in [2.45, 2.75) is 12.5 Å². The summed E-state index contributed by atoms with van der Waals surface area (Å²) in [5.41, 5.74) is 2.82. The molecule has 1 aliphatic rings. The van der Waals surface area contributed by atoms with E-state index in [1.54, 1.807) is 13.3 Å². The number of nitrogens with zero attached hydrogens (tertiary/aromatic N) is 3. The van der Waals surface area contributed by atoms with Gasteiger partial charge in [-0.3, -0.25) is 0 Å². The van der Waals surface area contributed by atoms with Crippen molar-refractivity contribution >= 4 is 11.2 Å². The van der Waals surface area contributed by atoms with Gasteiger partial charge in [0.2, 0.25) is 5.88 Å². The van der Waals surface area contributed by atoms with Gasteiger partial charge in [0.15, 0.2) is 5.65 Å². The zero-order valence-corrected chi connectivity index (χ0v) is 11.2. The topological polar surface area (TPSA) is 61.2 Å². The van der Waals surface area contributed by atoms with Crippen LogP contribution in [0.25, 0.3) is 11.2 Å². The summed E-state index contributed by atoms with van der Waals surface area (Å²) < 4.78 is 13.0. The second kappa shape index (κ2) is 5.14. The maximum atomic E-state index is 5.90. The van der Waals surface area contributed by atoms with Crippen LogP contribution in [0.4, 0.5) is 0 Å². The molecule has 2 aromatic heterocycles. The molecule has 0 aliphatic carbocycles. The van der Waals surface area contributed by atoms with Gasteiger partial charge < -0.3 is 19.4 Å². The minimum Gasteiger partial charge on any atom is -0.480 e. The highest BCUT2D eigenvalue weighted by atomic mass is 16.5. The first-order valence-electron chi connectivity index (χ1n) is 6.48. The molecule has 3 rings (SSSR count). The van der Waals surface area contributed by atoms with Crippen molar-refractivity contribution in [3.63, 3.8) is 0 Å². The molecule has 1 N–H and O–H groups in total. The van der Waals surface area contributed by atoms with Crippen LogP contribution in [0.3, 0.4) is 0 Å². The summed E-state index contributed by atoms with van der Waals surface area (Å²) in [6.07, 6.45) is 4.71. The van der Waals surface area contributed by atoms with E-state index in [4.69, 9.17) is 9.47 Å². The second-order valence-corrected chi connectivity index (χ2v) is 4.68. The van der Waals surface area contributed by atoms with E-state index in [-0.39, 0.29) is 6.10 Å². The predicted octanol–water partition coefficient (Wildman–Crippen LogP) is 1.03. The molecule has 0 saturated carbocycles. The predicted molar refractivity (Wildman–Crippen MR) is 71.2 cm³/mol. The lowest BCUT2D eigenvalue weighted by molar-refractivity contribution is 0.0652. The van der Waals surface area contributed by atoms with E-state index in [1.165, 1.54) is 0 Å². The molecule has 1 aliphatic heterocycles. The number of hydrogen-bond acceptors (Lipinski definition) is 5. The molecule has 6 nitrogen and oxygen atoms in total. The molecule has 0 bridgehead atoms. The highest BCUT2D eigenvalue weighted by Gasteiger charge is 2.21. The summed E-state index contributed by atoms with van der Waals surface area (Å²) >= 11 is 0. The van der Waals surface area contributed by atoms with E-state index in [1.807, 2.05) is 11.6 Å². The summed E-state index contributed by atoms with van der Waals surface area (Å²) in [7, 11) is 3.58. The van der Waals surface area contributed by atoms with Crippen LogP contribution in [-0.2, 0) is 11.8 Å². The maximum Gasteiger partial charge on any atom is 0.232 e. The Morgan fingerprint density at radius 2 is 2.37 bits per heavy atom. The molecule has 1 atom stereocenters. The number of aromatic nitrogens is 3. The van der Waals surface area contributed by atoms with Crippen molar-refractivity contribution in [3.8, 4) is 5.88 Å². The summed E-state index contributed by atoms with van der Waals surface area (Å²) in [5, 5.41) is 3.33. The Balaban J connectivity index is 2.06. The Morgan fingerprint density at radius 3 is 3.21 bits per heavy atom. The van der Waals surface area contributed by atoms with Gasteiger partial charge >= 0.3 is 0 Å². The number of ether oxygens (including phenoxy) is 2. The first-order valence-corrected chi connectivity index (χ1v) is 6.48. The van der Waals surface area contributed by atoms with Gasteiger partial charge in [-0.05, 0) is 13.0 Å². The van der Waals surface area contributed by atoms with E-state index in [0.717, 1.165) is 42.8 Å². The number of rotatable bonds is 2.